The molecule has 0 fully saturated rings. The van der Waals surface area contributed by atoms with Crippen LogP contribution in [0.3, 0.4) is 0 Å². The topological polar surface area (TPSA) is 46.5 Å². The fourth-order valence-electron chi connectivity index (χ4n) is 1.35. The Labute approximate surface area is 100.0 Å². The molecule has 0 aromatic heterocycles. The van der Waals surface area contributed by atoms with E-state index in [0.717, 1.165) is 5.56 Å². The highest BCUT2D eigenvalue weighted by Gasteiger charge is 2.22. The SMILES string of the molecule is CC(=O)OCCC(C)(O)c1ccc(Cl)cc1. The summed E-state index contributed by atoms with van der Waals surface area (Å²) >= 11 is 5.76. The van der Waals surface area contributed by atoms with Gasteiger partial charge in [-0.2, -0.15) is 0 Å². The fourth-order valence-corrected chi connectivity index (χ4v) is 1.47. The predicted octanol–water partition coefficient (Wildman–Crippen LogP) is 2.50. The molecule has 1 aromatic carbocycles. The van der Waals surface area contributed by atoms with E-state index in [-0.39, 0.29) is 12.6 Å². The van der Waals surface area contributed by atoms with Crippen LogP contribution in [0.25, 0.3) is 0 Å². The Morgan fingerprint density at radius 2 is 2.00 bits per heavy atom. The van der Waals surface area contributed by atoms with Gasteiger partial charge in [-0.25, -0.2) is 0 Å². The molecule has 88 valence electrons. The van der Waals surface area contributed by atoms with Gasteiger partial charge < -0.3 is 9.84 Å². The highest BCUT2D eigenvalue weighted by molar-refractivity contribution is 6.30. The average molecular weight is 243 g/mol. The summed E-state index contributed by atoms with van der Waals surface area (Å²) in [5, 5.41) is 10.8. The number of benzene rings is 1. The minimum Gasteiger partial charge on any atom is -0.466 e. The minimum absolute atomic E-state index is 0.199. The number of halogens is 1. The Bertz CT molecular complexity index is 357. The van der Waals surface area contributed by atoms with Crippen molar-refractivity contribution in [2.45, 2.75) is 25.9 Å². The molecular formula is C12H15ClO3. The summed E-state index contributed by atoms with van der Waals surface area (Å²) in [6, 6.07) is 6.96. The van der Waals surface area contributed by atoms with Crippen LogP contribution in [0, 0.1) is 0 Å². The van der Waals surface area contributed by atoms with E-state index in [9.17, 15) is 9.90 Å². The van der Waals surface area contributed by atoms with Gasteiger partial charge >= 0.3 is 5.97 Å². The van der Waals surface area contributed by atoms with E-state index in [0.29, 0.717) is 11.4 Å². The molecule has 0 radical (unpaired) electrons. The number of carbonyl (C=O) groups excluding carboxylic acids is 1. The lowest BCUT2D eigenvalue weighted by atomic mass is 9.93. The van der Waals surface area contributed by atoms with Crippen molar-refractivity contribution in [3.05, 3.63) is 34.9 Å². The van der Waals surface area contributed by atoms with Crippen LogP contribution < -0.4 is 0 Å². The van der Waals surface area contributed by atoms with Gasteiger partial charge in [0, 0.05) is 18.4 Å². The van der Waals surface area contributed by atoms with Crippen LogP contribution in [0.2, 0.25) is 5.02 Å². The summed E-state index contributed by atoms with van der Waals surface area (Å²) in [5.74, 6) is -0.341. The van der Waals surface area contributed by atoms with Gasteiger partial charge in [0.25, 0.3) is 0 Å². The zero-order valence-corrected chi connectivity index (χ0v) is 10.1. The Morgan fingerprint density at radius 3 is 2.50 bits per heavy atom. The molecule has 0 aliphatic carbocycles. The lowest BCUT2D eigenvalue weighted by molar-refractivity contribution is -0.142. The molecule has 0 bridgehead atoms. The molecular weight excluding hydrogens is 228 g/mol. The van der Waals surface area contributed by atoms with Crippen molar-refractivity contribution in [1.82, 2.24) is 0 Å². The number of ether oxygens (including phenoxy) is 1. The number of carbonyl (C=O) groups is 1. The van der Waals surface area contributed by atoms with Crippen molar-refractivity contribution in [3.8, 4) is 0 Å². The van der Waals surface area contributed by atoms with Gasteiger partial charge in [-0.05, 0) is 24.6 Å². The molecule has 0 aliphatic heterocycles. The van der Waals surface area contributed by atoms with Gasteiger partial charge in [0.05, 0.1) is 12.2 Å². The van der Waals surface area contributed by atoms with Gasteiger partial charge in [0.1, 0.15) is 0 Å². The average Bonchev–Trinajstić information content (AvgIpc) is 2.17. The number of hydrogen-bond donors (Lipinski definition) is 1. The van der Waals surface area contributed by atoms with E-state index in [1.165, 1.54) is 6.92 Å². The molecule has 0 spiro atoms. The van der Waals surface area contributed by atoms with Crippen molar-refractivity contribution in [2.75, 3.05) is 6.61 Å². The van der Waals surface area contributed by atoms with Crippen LogP contribution >= 0.6 is 11.6 Å². The number of esters is 1. The zero-order valence-electron chi connectivity index (χ0n) is 9.37. The van der Waals surface area contributed by atoms with E-state index in [4.69, 9.17) is 16.3 Å². The second kappa shape index (κ2) is 5.32. The molecule has 0 amide bonds. The highest BCUT2D eigenvalue weighted by atomic mass is 35.5. The smallest absolute Gasteiger partial charge is 0.302 e. The summed E-state index contributed by atoms with van der Waals surface area (Å²) in [5.41, 5.74) is -0.260. The summed E-state index contributed by atoms with van der Waals surface area (Å²) in [4.78, 5) is 10.6. The first-order valence-electron chi connectivity index (χ1n) is 5.03. The molecule has 1 atom stereocenters. The molecule has 4 heteroatoms. The highest BCUT2D eigenvalue weighted by Crippen LogP contribution is 2.25. The lowest BCUT2D eigenvalue weighted by Crippen LogP contribution is -2.23. The molecule has 1 aromatic rings. The summed E-state index contributed by atoms with van der Waals surface area (Å²) in [6.07, 6.45) is 0.355. The number of rotatable bonds is 4. The maximum absolute atomic E-state index is 10.6. The number of aliphatic hydroxyl groups is 1. The monoisotopic (exact) mass is 242 g/mol. The molecule has 0 heterocycles. The third-order valence-corrected chi connectivity index (χ3v) is 2.61. The van der Waals surface area contributed by atoms with Gasteiger partial charge in [-0.3, -0.25) is 4.79 Å². The summed E-state index contributed by atoms with van der Waals surface area (Å²) in [7, 11) is 0. The summed E-state index contributed by atoms with van der Waals surface area (Å²) in [6.45, 7) is 3.22. The van der Waals surface area contributed by atoms with E-state index in [1.807, 2.05) is 0 Å². The first-order valence-corrected chi connectivity index (χ1v) is 5.41. The second-order valence-corrected chi connectivity index (χ2v) is 4.31. The van der Waals surface area contributed by atoms with E-state index >= 15 is 0 Å². The van der Waals surface area contributed by atoms with E-state index in [2.05, 4.69) is 0 Å². The van der Waals surface area contributed by atoms with Crippen LogP contribution in [-0.4, -0.2) is 17.7 Å². The van der Waals surface area contributed by atoms with Crippen molar-refractivity contribution in [1.29, 1.82) is 0 Å². The third-order valence-electron chi connectivity index (χ3n) is 2.36. The van der Waals surface area contributed by atoms with Gasteiger partial charge in [0.15, 0.2) is 0 Å². The Kier molecular flexibility index (Phi) is 4.33. The van der Waals surface area contributed by atoms with Crippen LogP contribution in [0.1, 0.15) is 25.8 Å². The molecule has 1 rings (SSSR count). The van der Waals surface area contributed by atoms with Crippen molar-refractivity contribution in [2.24, 2.45) is 0 Å². The lowest BCUT2D eigenvalue weighted by Gasteiger charge is -2.23. The molecule has 3 nitrogen and oxygen atoms in total. The first-order chi connectivity index (χ1) is 7.42. The first kappa shape index (κ1) is 13.0. The zero-order chi connectivity index (χ0) is 12.2. The molecule has 0 aliphatic rings. The maximum atomic E-state index is 10.6. The van der Waals surface area contributed by atoms with Crippen molar-refractivity contribution < 1.29 is 14.6 Å². The summed E-state index contributed by atoms with van der Waals surface area (Å²) < 4.78 is 4.80. The van der Waals surface area contributed by atoms with Crippen LogP contribution in [0.15, 0.2) is 24.3 Å². The molecule has 0 saturated carbocycles. The Balaban J connectivity index is 2.62. The quantitative estimate of drug-likeness (QED) is 0.826. The van der Waals surface area contributed by atoms with Crippen molar-refractivity contribution in [3.63, 3.8) is 0 Å². The molecule has 1 unspecified atom stereocenters. The predicted molar refractivity (Wildman–Crippen MR) is 62.3 cm³/mol. The van der Waals surface area contributed by atoms with E-state index in [1.54, 1.807) is 31.2 Å². The fraction of sp³-hybridized carbons (Fsp3) is 0.417. The van der Waals surface area contributed by atoms with Gasteiger partial charge in [0.2, 0.25) is 0 Å². The van der Waals surface area contributed by atoms with Gasteiger partial charge in [-0.15, -0.1) is 0 Å². The van der Waals surface area contributed by atoms with Crippen LogP contribution in [-0.2, 0) is 15.1 Å². The largest absolute Gasteiger partial charge is 0.466 e. The van der Waals surface area contributed by atoms with Crippen LogP contribution in [0.4, 0.5) is 0 Å². The minimum atomic E-state index is -1.01. The maximum Gasteiger partial charge on any atom is 0.302 e. The standard InChI is InChI=1S/C12H15ClO3/c1-9(14)16-8-7-12(2,15)10-3-5-11(13)6-4-10/h3-6,15H,7-8H2,1-2H3. The number of hydrogen-bond acceptors (Lipinski definition) is 3. The Hall–Kier alpha value is -1.06. The second-order valence-electron chi connectivity index (χ2n) is 3.87. The molecule has 1 N–H and O–H groups in total. The molecule has 16 heavy (non-hydrogen) atoms. The third kappa shape index (κ3) is 3.83. The van der Waals surface area contributed by atoms with Crippen LogP contribution in [0.5, 0.6) is 0 Å². The van der Waals surface area contributed by atoms with Gasteiger partial charge in [-0.1, -0.05) is 23.7 Å². The van der Waals surface area contributed by atoms with Crippen molar-refractivity contribution >= 4 is 17.6 Å². The Morgan fingerprint density at radius 1 is 1.44 bits per heavy atom. The molecule has 0 saturated heterocycles. The van der Waals surface area contributed by atoms with E-state index < -0.39 is 5.60 Å². The normalized spacial score (nSPS) is 14.2.